The van der Waals surface area contributed by atoms with Crippen molar-refractivity contribution in [3.8, 4) is 22.8 Å². The normalized spacial score (nSPS) is 14.0. The monoisotopic (exact) mass is 479 g/mol. The van der Waals surface area contributed by atoms with Gasteiger partial charge in [0, 0.05) is 23.9 Å². The average Bonchev–Trinajstić information content (AvgIpc) is 3.55. The van der Waals surface area contributed by atoms with E-state index in [1.807, 2.05) is 31.2 Å². The molecule has 1 N–H and O–H groups in total. The Morgan fingerprint density at radius 1 is 1.36 bits per heavy atom. The predicted molar refractivity (Wildman–Crippen MR) is 129 cm³/mol. The van der Waals surface area contributed by atoms with Crippen molar-refractivity contribution in [2.45, 2.75) is 25.8 Å². The van der Waals surface area contributed by atoms with E-state index in [-0.39, 0.29) is 11.9 Å². The topological polar surface area (TPSA) is 84.2 Å². The molecule has 0 aliphatic heterocycles. The van der Waals surface area contributed by atoms with Crippen LogP contribution in [0.1, 0.15) is 40.6 Å². The molecule has 33 heavy (non-hydrogen) atoms. The van der Waals surface area contributed by atoms with E-state index in [2.05, 4.69) is 10.3 Å². The Kier molecular flexibility index (Phi) is 7.28. The minimum Gasteiger partial charge on any atom is -0.493 e. The van der Waals surface area contributed by atoms with Crippen molar-refractivity contribution in [3.63, 3.8) is 0 Å². The molecule has 1 fully saturated rings. The highest BCUT2D eigenvalue weighted by Crippen LogP contribution is 2.35. The van der Waals surface area contributed by atoms with Gasteiger partial charge in [0.2, 0.25) is 0 Å². The lowest BCUT2D eigenvalue weighted by Crippen LogP contribution is -2.30. The van der Waals surface area contributed by atoms with Crippen LogP contribution in [0.15, 0.2) is 54.7 Å². The Balaban J connectivity index is 1.31. The molecule has 0 unspecified atom stereocenters. The molecule has 0 spiro atoms. The van der Waals surface area contributed by atoms with Crippen LogP contribution in [0, 0.1) is 17.2 Å². The number of nitrogens with zero attached hydrogens (tertiary/aromatic N) is 2. The van der Waals surface area contributed by atoms with Crippen molar-refractivity contribution in [2.75, 3.05) is 6.61 Å². The van der Waals surface area contributed by atoms with E-state index in [9.17, 15) is 4.79 Å². The summed E-state index contributed by atoms with van der Waals surface area (Å²) in [5.74, 6) is 1.68. The van der Waals surface area contributed by atoms with Gasteiger partial charge in [0.05, 0.1) is 28.1 Å². The van der Waals surface area contributed by atoms with Crippen LogP contribution in [0.4, 0.5) is 0 Å². The summed E-state index contributed by atoms with van der Waals surface area (Å²) >= 11 is 7.70. The molecule has 1 aliphatic carbocycles. The summed E-state index contributed by atoms with van der Waals surface area (Å²) in [5.41, 5.74) is 0.896. The predicted octanol–water partition coefficient (Wildman–Crippen LogP) is 6.08. The third-order valence-corrected chi connectivity index (χ3v) is 6.08. The van der Waals surface area contributed by atoms with E-state index in [1.165, 1.54) is 24.2 Å². The van der Waals surface area contributed by atoms with Gasteiger partial charge in [-0.05, 0) is 62.1 Å². The zero-order valence-corrected chi connectivity index (χ0v) is 19.5. The van der Waals surface area contributed by atoms with Gasteiger partial charge in [0.25, 0.3) is 11.1 Å². The minimum absolute atomic E-state index is 0.215. The van der Waals surface area contributed by atoms with Crippen LogP contribution in [-0.4, -0.2) is 23.5 Å². The fourth-order valence-corrected chi connectivity index (χ4v) is 3.85. The summed E-state index contributed by atoms with van der Waals surface area (Å²) < 4.78 is 11.6. The number of benzene rings is 2. The molecule has 1 aromatic heterocycles. The molecule has 0 radical (unpaired) electrons. The first-order valence-corrected chi connectivity index (χ1v) is 11.7. The van der Waals surface area contributed by atoms with Gasteiger partial charge in [0.15, 0.2) is 0 Å². The number of thiazole rings is 1. The number of nitriles is 1. The van der Waals surface area contributed by atoms with Crippen LogP contribution in [0.3, 0.4) is 0 Å². The standard InChI is InChI=1S/C25H22ClN3O3S/c1-16(29-24(30)19-4-2-3-18(11-19)13-27)5-9-21-14-28-25(33-21)32-23-10-8-20(12-22(23)26)31-15-17-6-7-17/h2-5,8-12,14,16-17H,6-7,15H2,1H3,(H,29,30)/t16-/m0/s1. The summed E-state index contributed by atoms with van der Waals surface area (Å²) in [6, 6.07) is 13.8. The van der Waals surface area contributed by atoms with Crippen LogP contribution in [0.2, 0.25) is 5.02 Å². The number of carbonyl (C=O) groups is 1. The van der Waals surface area contributed by atoms with Crippen LogP contribution in [-0.2, 0) is 0 Å². The fraction of sp³-hybridized carbons (Fsp3) is 0.240. The highest BCUT2D eigenvalue weighted by Gasteiger charge is 2.22. The first kappa shape index (κ1) is 22.8. The first-order valence-electron chi connectivity index (χ1n) is 10.6. The molecule has 8 heteroatoms. The van der Waals surface area contributed by atoms with Crippen molar-refractivity contribution in [2.24, 2.45) is 5.92 Å². The molecule has 1 aliphatic rings. The van der Waals surface area contributed by atoms with Crippen LogP contribution >= 0.6 is 22.9 Å². The molecule has 2 aromatic carbocycles. The second kappa shape index (κ2) is 10.5. The number of hydrogen-bond donors (Lipinski definition) is 1. The van der Waals surface area contributed by atoms with Crippen molar-refractivity contribution >= 4 is 34.9 Å². The number of rotatable bonds is 9. The van der Waals surface area contributed by atoms with Crippen LogP contribution in [0.25, 0.3) is 6.08 Å². The minimum atomic E-state index is -0.239. The maximum absolute atomic E-state index is 12.4. The number of nitrogens with one attached hydrogen (secondary N) is 1. The van der Waals surface area contributed by atoms with E-state index in [4.69, 9.17) is 26.3 Å². The van der Waals surface area contributed by atoms with E-state index in [0.717, 1.165) is 17.2 Å². The number of carbonyl (C=O) groups excluding carboxylic acids is 1. The summed E-state index contributed by atoms with van der Waals surface area (Å²) in [6.07, 6.45) is 7.90. The van der Waals surface area contributed by atoms with Crippen molar-refractivity contribution in [1.82, 2.24) is 10.3 Å². The highest BCUT2D eigenvalue weighted by molar-refractivity contribution is 7.14. The molecule has 3 aromatic rings. The number of aromatic nitrogens is 1. The van der Waals surface area contributed by atoms with E-state index >= 15 is 0 Å². The van der Waals surface area contributed by atoms with Gasteiger partial charge in [0.1, 0.15) is 11.5 Å². The molecule has 0 saturated heterocycles. The average molecular weight is 480 g/mol. The van der Waals surface area contributed by atoms with Gasteiger partial charge in [-0.1, -0.05) is 35.1 Å². The molecule has 1 atom stereocenters. The molecule has 1 amide bonds. The van der Waals surface area contributed by atoms with Crippen molar-refractivity contribution in [3.05, 3.63) is 75.8 Å². The second-order valence-electron chi connectivity index (χ2n) is 7.79. The molecule has 1 saturated carbocycles. The Hall–Kier alpha value is -3.34. The quantitative estimate of drug-likeness (QED) is 0.402. The molecule has 4 rings (SSSR count). The van der Waals surface area contributed by atoms with Gasteiger partial charge in [-0.3, -0.25) is 4.79 Å². The Bertz CT molecular complexity index is 1210. The number of hydrogen-bond acceptors (Lipinski definition) is 6. The third kappa shape index (κ3) is 6.58. The first-order chi connectivity index (χ1) is 16.0. The van der Waals surface area contributed by atoms with Gasteiger partial charge in [-0.15, -0.1) is 0 Å². The SMILES string of the molecule is C[C@@H](C=Cc1cnc(Oc2ccc(OCC3CC3)cc2Cl)s1)NC(=O)c1cccc(C#N)c1. The molecule has 0 bridgehead atoms. The largest absolute Gasteiger partial charge is 0.493 e. The second-order valence-corrected chi connectivity index (χ2v) is 9.22. The smallest absolute Gasteiger partial charge is 0.279 e. The van der Waals surface area contributed by atoms with Gasteiger partial charge < -0.3 is 14.8 Å². The summed E-state index contributed by atoms with van der Waals surface area (Å²) in [4.78, 5) is 17.5. The lowest BCUT2D eigenvalue weighted by atomic mass is 10.1. The van der Waals surface area contributed by atoms with Gasteiger partial charge in [-0.25, -0.2) is 4.98 Å². The third-order valence-electron chi connectivity index (χ3n) is 4.95. The fourth-order valence-electron chi connectivity index (χ4n) is 2.95. The Morgan fingerprint density at radius 2 is 2.21 bits per heavy atom. The zero-order valence-electron chi connectivity index (χ0n) is 18.0. The van der Waals surface area contributed by atoms with Crippen LogP contribution < -0.4 is 14.8 Å². The van der Waals surface area contributed by atoms with Gasteiger partial charge >= 0.3 is 0 Å². The maximum atomic E-state index is 12.4. The molecular weight excluding hydrogens is 458 g/mol. The number of amides is 1. The molecular formula is C25H22ClN3O3S. The van der Waals surface area contributed by atoms with Gasteiger partial charge in [-0.2, -0.15) is 5.26 Å². The molecule has 6 nitrogen and oxygen atoms in total. The van der Waals surface area contributed by atoms with E-state index < -0.39 is 0 Å². The number of ether oxygens (including phenoxy) is 2. The maximum Gasteiger partial charge on any atom is 0.279 e. The summed E-state index contributed by atoms with van der Waals surface area (Å²) in [6.45, 7) is 2.59. The number of halogens is 1. The van der Waals surface area contributed by atoms with Crippen molar-refractivity contribution < 1.29 is 14.3 Å². The Morgan fingerprint density at radius 3 is 2.97 bits per heavy atom. The highest BCUT2D eigenvalue weighted by atomic mass is 35.5. The summed E-state index contributed by atoms with van der Waals surface area (Å²) in [7, 11) is 0. The van der Waals surface area contributed by atoms with E-state index in [1.54, 1.807) is 42.6 Å². The zero-order chi connectivity index (χ0) is 23.2. The lowest BCUT2D eigenvalue weighted by Gasteiger charge is -2.09. The molecule has 168 valence electrons. The van der Waals surface area contributed by atoms with E-state index in [0.29, 0.717) is 33.0 Å². The lowest BCUT2D eigenvalue weighted by molar-refractivity contribution is 0.0947. The van der Waals surface area contributed by atoms with Crippen molar-refractivity contribution in [1.29, 1.82) is 5.26 Å². The Labute approximate surface area is 201 Å². The van der Waals surface area contributed by atoms with Crippen LogP contribution in [0.5, 0.6) is 16.7 Å². The summed E-state index contributed by atoms with van der Waals surface area (Å²) in [5, 5.41) is 12.8. The molecule has 1 heterocycles.